The zero-order chi connectivity index (χ0) is 18.6. The first-order valence-electron chi connectivity index (χ1n) is 9.08. The molecule has 26 heavy (non-hydrogen) atoms. The van der Waals surface area contributed by atoms with Gasteiger partial charge in [-0.15, -0.1) is 13.2 Å². The molecule has 2 heterocycles. The number of benzene rings is 1. The van der Waals surface area contributed by atoms with Gasteiger partial charge in [0, 0.05) is 18.6 Å². The predicted octanol–water partition coefficient (Wildman–Crippen LogP) is 3.36. The van der Waals surface area contributed by atoms with E-state index in [4.69, 9.17) is 18.9 Å². The van der Waals surface area contributed by atoms with Crippen molar-refractivity contribution >= 4 is 0 Å². The number of fused-ring (bicyclic) bond motifs is 1. The molecule has 3 rings (SSSR count). The van der Waals surface area contributed by atoms with Crippen molar-refractivity contribution < 1.29 is 24.1 Å². The molecule has 0 saturated carbocycles. The first kappa shape index (κ1) is 19.3. The van der Waals surface area contributed by atoms with Gasteiger partial charge in [-0.05, 0) is 19.3 Å². The quantitative estimate of drug-likeness (QED) is 0.756. The fraction of sp³-hybridized carbons (Fsp3) is 0.524. The van der Waals surface area contributed by atoms with Gasteiger partial charge < -0.3 is 24.1 Å². The van der Waals surface area contributed by atoms with E-state index in [2.05, 4.69) is 13.2 Å². The maximum atomic E-state index is 11.5. The largest absolute Gasteiger partial charge is 0.384 e. The lowest BCUT2D eigenvalue weighted by atomic mass is 9.73. The molecular weight excluding hydrogens is 332 g/mol. The fourth-order valence-electron chi connectivity index (χ4n) is 3.95. The van der Waals surface area contributed by atoms with Crippen LogP contribution in [0.1, 0.15) is 31.1 Å². The van der Waals surface area contributed by atoms with E-state index < -0.39 is 18.2 Å². The number of hydrogen-bond donors (Lipinski definition) is 1. The Hall–Kier alpha value is -1.50. The maximum Gasteiger partial charge on any atom is 0.186 e. The SMILES string of the molecule is C=CCC[C@@]1(O)[C@@H](OC)O[C@@H]2CO[C@@H](c3ccccc3)O[C@H]2[C@@H]1CC=C. The number of allylic oxidation sites excluding steroid dienone is 2. The van der Waals surface area contributed by atoms with E-state index in [9.17, 15) is 5.11 Å². The van der Waals surface area contributed by atoms with Crippen molar-refractivity contribution in [3.05, 3.63) is 61.2 Å². The van der Waals surface area contributed by atoms with E-state index >= 15 is 0 Å². The van der Waals surface area contributed by atoms with Gasteiger partial charge >= 0.3 is 0 Å². The Kier molecular flexibility index (Phi) is 6.27. The molecule has 5 nitrogen and oxygen atoms in total. The van der Waals surface area contributed by atoms with Crippen LogP contribution in [0.25, 0.3) is 0 Å². The molecule has 1 aromatic carbocycles. The summed E-state index contributed by atoms with van der Waals surface area (Å²) in [6, 6.07) is 9.80. The van der Waals surface area contributed by atoms with Crippen LogP contribution in [0.2, 0.25) is 0 Å². The normalized spacial score (nSPS) is 36.9. The Balaban J connectivity index is 1.88. The molecule has 0 aromatic heterocycles. The van der Waals surface area contributed by atoms with Gasteiger partial charge in [0.1, 0.15) is 11.7 Å². The van der Waals surface area contributed by atoms with Crippen LogP contribution in [0.5, 0.6) is 0 Å². The van der Waals surface area contributed by atoms with Crippen LogP contribution in [0, 0.1) is 5.92 Å². The average molecular weight is 360 g/mol. The van der Waals surface area contributed by atoms with Gasteiger partial charge in [0.25, 0.3) is 0 Å². The Morgan fingerprint density at radius 1 is 1.23 bits per heavy atom. The molecule has 0 bridgehead atoms. The van der Waals surface area contributed by atoms with Crippen molar-refractivity contribution in [1.82, 2.24) is 0 Å². The monoisotopic (exact) mass is 360 g/mol. The predicted molar refractivity (Wildman–Crippen MR) is 98.4 cm³/mol. The van der Waals surface area contributed by atoms with Gasteiger partial charge in [0.15, 0.2) is 12.6 Å². The minimum absolute atomic E-state index is 0.209. The molecule has 2 fully saturated rings. The standard InChI is InChI=1S/C21H28O5/c1-4-6-13-21(22)16(10-5-2)18-17(25-20(21)23-3)14-24-19(26-18)15-11-8-7-9-12-15/h4-5,7-9,11-12,16-20,22H,1-2,6,10,13-14H2,3H3/t16-,17+,18-,19+,20-,21-/m0/s1. The molecule has 0 spiro atoms. The van der Waals surface area contributed by atoms with Crippen LogP contribution < -0.4 is 0 Å². The molecule has 5 heteroatoms. The molecule has 0 radical (unpaired) electrons. The highest BCUT2D eigenvalue weighted by Crippen LogP contribution is 2.45. The van der Waals surface area contributed by atoms with Crippen LogP contribution in [0.3, 0.4) is 0 Å². The van der Waals surface area contributed by atoms with Gasteiger partial charge in [0.05, 0.1) is 12.7 Å². The number of rotatable bonds is 7. The summed E-state index contributed by atoms with van der Waals surface area (Å²) in [5.41, 5.74) is -0.233. The van der Waals surface area contributed by atoms with Crippen LogP contribution in [-0.2, 0) is 18.9 Å². The van der Waals surface area contributed by atoms with Crippen molar-refractivity contribution in [3.8, 4) is 0 Å². The van der Waals surface area contributed by atoms with Crippen molar-refractivity contribution in [2.75, 3.05) is 13.7 Å². The first-order chi connectivity index (χ1) is 12.6. The molecule has 2 aliphatic heterocycles. The summed E-state index contributed by atoms with van der Waals surface area (Å²) in [6.07, 6.45) is 3.51. The molecule has 1 N–H and O–H groups in total. The molecule has 0 aliphatic carbocycles. The summed E-state index contributed by atoms with van der Waals surface area (Å²) >= 11 is 0. The van der Waals surface area contributed by atoms with E-state index in [1.165, 1.54) is 0 Å². The van der Waals surface area contributed by atoms with Gasteiger partial charge in [-0.1, -0.05) is 42.5 Å². The number of ether oxygens (including phenoxy) is 4. The lowest BCUT2D eigenvalue weighted by Gasteiger charge is -2.53. The molecule has 1 aromatic rings. The van der Waals surface area contributed by atoms with Crippen molar-refractivity contribution in [2.45, 2.75) is 49.7 Å². The van der Waals surface area contributed by atoms with Gasteiger partial charge in [-0.3, -0.25) is 0 Å². The zero-order valence-corrected chi connectivity index (χ0v) is 15.3. The number of aliphatic hydroxyl groups is 1. The summed E-state index contributed by atoms with van der Waals surface area (Å²) < 4.78 is 23.7. The summed E-state index contributed by atoms with van der Waals surface area (Å²) in [5.74, 6) is -0.209. The lowest BCUT2D eigenvalue weighted by molar-refractivity contribution is -0.376. The van der Waals surface area contributed by atoms with E-state index in [1.807, 2.05) is 36.4 Å². The van der Waals surface area contributed by atoms with E-state index in [-0.39, 0.29) is 18.1 Å². The zero-order valence-electron chi connectivity index (χ0n) is 15.3. The van der Waals surface area contributed by atoms with Gasteiger partial charge in [-0.25, -0.2) is 0 Å². The van der Waals surface area contributed by atoms with E-state index in [1.54, 1.807) is 13.2 Å². The first-order valence-corrected chi connectivity index (χ1v) is 9.08. The Morgan fingerprint density at radius 3 is 2.65 bits per heavy atom. The van der Waals surface area contributed by atoms with Crippen LogP contribution >= 0.6 is 0 Å². The smallest absolute Gasteiger partial charge is 0.186 e. The summed E-state index contributed by atoms with van der Waals surface area (Å²) in [7, 11) is 1.55. The molecule has 2 saturated heterocycles. The second kappa shape index (κ2) is 8.46. The van der Waals surface area contributed by atoms with Crippen LogP contribution in [0.15, 0.2) is 55.6 Å². The summed E-state index contributed by atoms with van der Waals surface area (Å²) in [4.78, 5) is 0. The highest BCUT2D eigenvalue weighted by Gasteiger charge is 2.57. The maximum absolute atomic E-state index is 11.5. The number of hydrogen-bond acceptors (Lipinski definition) is 5. The molecule has 6 atom stereocenters. The average Bonchev–Trinajstić information content (AvgIpc) is 2.69. The van der Waals surface area contributed by atoms with Gasteiger partial charge in [-0.2, -0.15) is 0 Å². The van der Waals surface area contributed by atoms with Crippen molar-refractivity contribution in [3.63, 3.8) is 0 Å². The molecule has 0 unspecified atom stereocenters. The molecular formula is C21H28O5. The third-order valence-electron chi connectivity index (χ3n) is 5.26. The lowest BCUT2D eigenvalue weighted by Crippen LogP contribution is -2.65. The third kappa shape index (κ3) is 3.63. The highest BCUT2D eigenvalue weighted by molar-refractivity contribution is 5.17. The Labute approximate surface area is 155 Å². The molecule has 0 amide bonds. The van der Waals surface area contributed by atoms with E-state index in [0.29, 0.717) is 25.9 Å². The van der Waals surface area contributed by atoms with Crippen molar-refractivity contribution in [2.24, 2.45) is 5.92 Å². The minimum atomic E-state index is -1.18. The second-order valence-electron chi connectivity index (χ2n) is 6.87. The topological polar surface area (TPSA) is 57.2 Å². The highest BCUT2D eigenvalue weighted by atomic mass is 16.7. The number of methoxy groups -OCH3 is 1. The third-order valence-corrected chi connectivity index (χ3v) is 5.26. The Bertz CT molecular complexity index is 604. The minimum Gasteiger partial charge on any atom is -0.384 e. The fourth-order valence-corrected chi connectivity index (χ4v) is 3.95. The summed E-state index contributed by atoms with van der Waals surface area (Å²) in [5, 5.41) is 11.5. The van der Waals surface area contributed by atoms with Crippen LogP contribution in [-0.4, -0.2) is 42.9 Å². The van der Waals surface area contributed by atoms with Crippen LogP contribution in [0.4, 0.5) is 0 Å². The summed E-state index contributed by atoms with van der Waals surface area (Å²) in [6.45, 7) is 8.02. The molecule has 2 aliphatic rings. The molecule has 142 valence electrons. The Morgan fingerprint density at radius 2 is 2.00 bits per heavy atom. The van der Waals surface area contributed by atoms with Gasteiger partial charge in [0.2, 0.25) is 0 Å². The second-order valence-corrected chi connectivity index (χ2v) is 6.87. The van der Waals surface area contributed by atoms with E-state index in [0.717, 1.165) is 5.56 Å². The van der Waals surface area contributed by atoms with Crippen molar-refractivity contribution in [1.29, 1.82) is 0 Å².